The number of aromatic nitrogens is 2. The third kappa shape index (κ3) is 3.94. The van der Waals surface area contributed by atoms with Crippen molar-refractivity contribution in [2.75, 3.05) is 11.0 Å². The highest BCUT2D eigenvalue weighted by Crippen LogP contribution is 2.25. The topological polar surface area (TPSA) is 98.1 Å². The van der Waals surface area contributed by atoms with E-state index in [1.54, 1.807) is 47.4 Å². The van der Waals surface area contributed by atoms with Gasteiger partial charge in [0.05, 0.1) is 17.1 Å². The maximum absolute atomic E-state index is 12.8. The summed E-state index contributed by atoms with van der Waals surface area (Å²) in [6.07, 6.45) is 4.38. The number of nitrogens with one attached hydrogen (secondary N) is 1. The van der Waals surface area contributed by atoms with Crippen molar-refractivity contribution in [2.24, 2.45) is 0 Å². The van der Waals surface area contributed by atoms with E-state index in [0.717, 1.165) is 6.26 Å². The highest BCUT2D eigenvalue weighted by atomic mass is 32.2. The molecule has 0 aliphatic rings. The minimum atomic E-state index is -4.09. The van der Waals surface area contributed by atoms with Gasteiger partial charge in [-0.15, -0.1) is 0 Å². The second kappa shape index (κ2) is 6.93. The van der Waals surface area contributed by atoms with Crippen molar-refractivity contribution < 1.29 is 16.8 Å². The van der Waals surface area contributed by atoms with Crippen LogP contribution in [0.3, 0.4) is 0 Å². The normalized spacial score (nSPS) is 12.0. The Morgan fingerprint density at radius 3 is 2.23 bits per heavy atom. The van der Waals surface area contributed by atoms with Gasteiger partial charge in [-0.25, -0.2) is 16.8 Å². The largest absolute Gasteiger partial charge is 0.279 e. The average Bonchev–Trinajstić information content (AvgIpc) is 3.09. The van der Waals surface area contributed by atoms with Crippen LogP contribution in [0.25, 0.3) is 0 Å². The zero-order valence-corrected chi connectivity index (χ0v) is 15.5. The fraction of sp³-hybridized carbons (Fsp3) is 0.118. The van der Waals surface area contributed by atoms with E-state index in [1.165, 1.54) is 24.3 Å². The van der Waals surface area contributed by atoms with Gasteiger partial charge in [-0.1, -0.05) is 30.3 Å². The molecular weight excluding hydrogens is 374 g/mol. The van der Waals surface area contributed by atoms with Crippen LogP contribution in [0.15, 0.2) is 76.8 Å². The van der Waals surface area contributed by atoms with Gasteiger partial charge in [-0.05, 0) is 29.8 Å². The molecule has 7 nitrogen and oxygen atoms in total. The second-order valence-corrected chi connectivity index (χ2v) is 9.32. The van der Waals surface area contributed by atoms with Crippen molar-refractivity contribution in [3.05, 3.63) is 72.6 Å². The zero-order chi connectivity index (χ0) is 18.8. The molecule has 9 heteroatoms. The molecule has 3 rings (SSSR count). The number of anilines is 1. The molecular formula is C17H17N3O4S2. The minimum absolute atomic E-state index is 0.239. The first-order valence-electron chi connectivity index (χ1n) is 7.64. The number of para-hydroxylation sites is 1. The van der Waals surface area contributed by atoms with E-state index >= 15 is 0 Å². The Kier molecular flexibility index (Phi) is 4.84. The standard InChI is InChI=1S/C17H17N3O4S2/c1-25(21,22)16-9-4-5-10-17(16)26(23,24)19-15-8-3-2-7-14(15)13-20-12-6-11-18-20/h2-12,19H,13H2,1H3. The molecule has 0 saturated heterocycles. The number of hydrogen-bond acceptors (Lipinski definition) is 5. The third-order valence-electron chi connectivity index (χ3n) is 3.69. The van der Waals surface area contributed by atoms with Gasteiger partial charge in [-0.2, -0.15) is 5.10 Å². The molecule has 26 heavy (non-hydrogen) atoms. The van der Waals surface area contributed by atoms with E-state index in [1.807, 2.05) is 0 Å². The molecule has 0 fully saturated rings. The van der Waals surface area contributed by atoms with Crippen LogP contribution in [-0.4, -0.2) is 32.9 Å². The van der Waals surface area contributed by atoms with E-state index in [0.29, 0.717) is 17.8 Å². The Hall–Kier alpha value is -2.65. The molecule has 0 aliphatic carbocycles. The summed E-state index contributed by atoms with van der Waals surface area (Å²) in [7, 11) is -7.78. The number of benzene rings is 2. The second-order valence-electron chi connectivity index (χ2n) is 5.69. The third-order valence-corrected chi connectivity index (χ3v) is 6.40. The molecule has 3 aromatic rings. The monoisotopic (exact) mass is 391 g/mol. The lowest BCUT2D eigenvalue weighted by Gasteiger charge is -2.14. The van der Waals surface area contributed by atoms with Crippen molar-refractivity contribution in [1.82, 2.24) is 9.78 Å². The van der Waals surface area contributed by atoms with Crippen LogP contribution in [0.4, 0.5) is 5.69 Å². The predicted octanol–water partition coefficient (Wildman–Crippen LogP) is 2.14. The number of sulfonamides is 1. The molecule has 2 aromatic carbocycles. The maximum Gasteiger partial charge on any atom is 0.263 e. The van der Waals surface area contributed by atoms with Gasteiger partial charge in [0.2, 0.25) is 0 Å². The van der Waals surface area contributed by atoms with Gasteiger partial charge in [-0.3, -0.25) is 9.40 Å². The fourth-order valence-corrected chi connectivity index (χ4v) is 5.24. The lowest BCUT2D eigenvalue weighted by Crippen LogP contribution is -2.18. The molecule has 0 radical (unpaired) electrons. The number of sulfone groups is 1. The summed E-state index contributed by atoms with van der Waals surface area (Å²) in [6, 6.07) is 14.2. The Morgan fingerprint density at radius 2 is 1.58 bits per heavy atom. The van der Waals surface area contributed by atoms with Gasteiger partial charge in [0.15, 0.2) is 9.84 Å². The molecule has 0 unspecified atom stereocenters. The summed E-state index contributed by atoms with van der Waals surface area (Å²) in [5.41, 5.74) is 1.07. The van der Waals surface area contributed by atoms with Gasteiger partial charge in [0.1, 0.15) is 4.90 Å². The quantitative estimate of drug-likeness (QED) is 0.694. The highest BCUT2D eigenvalue weighted by Gasteiger charge is 2.24. The Balaban J connectivity index is 2.00. The van der Waals surface area contributed by atoms with Crippen molar-refractivity contribution >= 4 is 25.5 Å². The van der Waals surface area contributed by atoms with E-state index in [9.17, 15) is 16.8 Å². The van der Waals surface area contributed by atoms with Crippen LogP contribution in [0.2, 0.25) is 0 Å². The van der Waals surface area contributed by atoms with Crippen LogP contribution < -0.4 is 4.72 Å². The molecule has 0 atom stereocenters. The number of nitrogens with zero attached hydrogens (tertiary/aromatic N) is 2. The first-order valence-corrected chi connectivity index (χ1v) is 11.0. The summed E-state index contributed by atoms with van der Waals surface area (Å²) in [6.45, 7) is 0.374. The van der Waals surface area contributed by atoms with Gasteiger partial charge in [0.25, 0.3) is 10.0 Å². The van der Waals surface area contributed by atoms with Crippen LogP contribution in [-0.2, 0) is 26.4 Å². The summed E-state index contributed by atoms with van der Waals surface area (Å²) in [4.78, 5) is -0.520. The zero-order valence-electron chi connectivity index (χ0n) is 13.9. The van der Waals surface area contributed by atoms with Crippen molar-refractivity contribution in [2.45, 2.75) is 16.3 Å². The SMILES string of the molecule is CS(=O)(=O)c1ccccc1S(=O)(=O)Nc1ccccc1Cn1cccn1. The highest BCUT2D eigenvalue weighted by molar-refractivity contribution is 7.95. The summed E-state index contributed by atoms with van der Waals surface area (Å²) >= 11 is 0. The Labute approximate surface area is 152 Å². The van der Waals surface area contributed by atoms with Crippen molar-refractivity contribution in [3.63, 3.8) is 0 Å². The van der Waals surface area contributed by atoms with Crippen LogP contribution >= 0.6 is 0 Å². The fourth-order valence-electron chi connectivity index (χ4n) is 2.50. The molecule has 1 N–H and O–H groups in total. The van der Waals surface area contributed by atoms with Crippen molar-refractivity contribution in [1.29, 1.82) is 0 Å². The summed E-state index contributed by atoms with van der Waals surface area (Å²) in [5, 5.41) is 4.11. The van der Waals surface area contributed by atoms with E-state index < -0.39 is 19.9 Å². The molecule has 1 heterocycles. The molecule has 136 valence electrons. The lowest BCUT2D eigenvalue weighted by atomic mass is 10.2. The molecule has 0 saturated carbocycles. The van der Waals surface area contributed by atoms with E-state index in [-0.39, 0.29) is 9.79 Å². The van der Waals surface area contributed by atoms with Crippen LogP contribution in [0.5, 0.6) is 0 Å². The summed E-state index contributed by atoms with van der Waals surface area (Å²) < 4.78 is 53.7. The summed E-state index contributed by atoms with van der Waals surface area (Å²) in [5.74, 6) is 0. The first kappa shape index (κ1) is 18.2. The molecule has 0 bridgehead atoms. The van der Waals surface area contributed by atoms with E-state index in [4.69, 9.17) is 0 Å². The maximum atomic E-state index is 12.8. The van der Waals surface area contributed by atoms with Gasteiger partial charge in [0, 0.05) is 18.6 Å². The van der Waals surface area contributed by atoms with Crippen LogP contribution in [0, 0.1) is 0 Å². The average molecular weight is 391 g/mol. The Bertz CT molecular complexity index is 1120. The van der Waals surface area contributed by atoms with E-state index in [2.05, 4.69) is 9.82 Å². The number of rotatable bonds is 6. The predicted molar refractivity (Wildman–Crippen MR) is 98.1 cm³/mol. The minimum Gasteiger partial charge on any atom is -0.279 e. The molecule has 1 aromatic heterocycles. The number of hydrogen-bond donors (Lipinski definition) is 1. The van der Waals surface area contributed by atoms with Crippen LogP contribution in [0.1, 0.15) is 5.56 Å². The molecule has 0 amide bonds. The smallest absolute Gasteiger partial charge is 0.263 e. The first-order chi connectivity index (χ1) is 12.3. The van der Waals surface area contributed by atoms with Gasteiger partial charge >= 0.3 is 0 Å². The van der Waals surface area contributed by atoms with Gasteiger partial charge < -0.3 is 0 Å². The molecule has 0 aliphatic heterocycles. The molecule has 0 spiro atoms. The lowest BCUT2D eigenvalue weighted by molar-refractivity contribution is 0.588. The van der Waals surface area contributed by atoms with Crippen molar-refractivity contribution in [3.8, 4) is 0 Å². The Morgan fingerprint density at radius 1 is 0.923 bits per heavy atom.